The minimum absolute atomic E-state index is 0.348. The van der Waals surface area contributed by atoms with Gasteiger partial charge in [-0.05, 0) is 18.2 Å². The van der Waals surface area contributed by atoms with Crippen LogP contribution in [-0.2, 0) is 0 Å². The molecular formula is C17H13ClN4. The lowest BCUT2D eigenvalue weighted by Gasteiger charge is -2.17. The van der Waals surface area contributed by atoms with E-state index in [-0.39, 0.29) is 0 Å². The summed E-state index contributed by atoms with van der Waals surface area (Å²) >= 11 is 6.16. The van der Waals surface area contributed by atoms with Gasteiger partial charge in [0.05, 0.1) is 17.9 Å². The Balaban J connectivity index is 2.27. The molecule has 0 spiro atoms. The fourth-order valence-electron chi connectivity index (χ4n) is 2.46. The number of fused-ring (bicyclic) bond motifs is 1. The zero-order valence-corrected chi connectivity index (χ0v) is 12.7. The van der Waals surface area contributed by atoms with Gasteiger partial charge in [-0.15, -0.1) is 0 Å². The molecule has 1 heterocycles. The summed E-state index contributed by atoms with van der Waals surface area (Å²) < 4.78 is 0. The molecule has 0 aromatic heterocycles. The third kappa shape index (κ3) is 2.47. The van der Waals surface area contributed by atoms with E-state index in [9.17, 15) is 5.26 Å². The number of hydrogen-bond acceptors (Lipinski definition) is 3. The summed E-state index contributed by atoms with van der Waals surface area (Å²) in [6.45, 7) is 0.348. The highest BCUT2D eigenvalue weighted by molar-refractivity contribution is 6.32. The number of rotatable bonds is 1. The first-order chi connectivity index (χ1) is 10.7. The Bertz CT molecular complexity index is 803. The van der Waals surface area contributed by atoms with Crippen LogP contribution in [0, 0.1) is 11.5 Å². The normalized spacial score (nSPS) is 15.8. The smallest absolute Gasteiger partial charge is 0.190 e. The topological polar surface area (TPSA) is 51.8 Å². The SMILES string of the molecule is CN=C1CN=C(c2ccccc2)c2cc(Cl)ccc2N1C#N. The van der Waals surface area contributed by atoms with Crippen molar-refractivity contribution in [2.75, 3.05) is 18.5 Å². The number of nitriles is 1. The Kier molecular flexibility index (Phi) is 3.90. The molecule has 0 aliphatic carbocycles. The largest absolute Gasteiger partial charge is 0.276 e. The Hall–Kier alpha value is -2.64. The maximum Gasteiger partial charge on any atom is 0.190 e. The summed E-state index contributed by atoms with van der Waals surface area (Å²) in [5.74, 6) is 0.608. The van der Waals surface area contributed by atoms with Crippen molar-refractivity contribution < 1.29 is 0 Å². The number of nitrogens with zero attached hydrogens (tertiary/aromatic N) is 4. The van der Waals surface area contributed by atoms with E-state index in [1.807, 2.05) is 42.5 Å². The second-order valence-electron chi connectivity index (χ2n) is 4.77. The quantitative estimate of drug-likeness (QED) is 0.757. The number of benzene rings is 2. The molecule has 22 heavy (non-hydrogen) atoms. The summed E-state index contributed by atoms with van der Waals surface area (Å²) in [7, 11) is 1.66. The van der Waals surface area contributed by atoms with Gasteiger partial charge in [0.15, 0.2) is 6.19 Å². The van der Waals surface area contributed by atoms with E-state index in [1.54, 1.807) is 13.1 Å². The average Bonchev–Trinajstić information content (AvgIpc) is 2.71. The Morgan fingerprint density at radius 1 is 1.23 bits per heavy atom. The van der Waals surface area contributed by atoms with Gasteiger partial charge < -0.3 is 0 Å². The van der Waals surface area contributed by atoms with E-state index in [4.69, 9.17) is 11.6 Å². The fourth-order valence-corrected chi connectivity index (χ4v) is 2.63. The maximum absolute atomic E-state index is 9.50. The third-order valence-corrected chi connectivity index (χ3v) is 3.73. The minimum atomic E-state index is 0.348. The van der Waals surface area contributed by atoms with E-state index in [0.29, 0.717) is 17.4 Å². The van der Waals surface area contributed by atoms with Gasteiger partial charge in [-0.3, -0.25) is 9.98 Å². The van der Waals surface area contributed by atoms with E-state index >= 15 is 0 Å². The molecule has 2 aromatic carbocycles. The zero-order valence-electron chi connectivity index (χ0n) is 12.0. The van der Waals surface area contributed by atoms with Crippen LogP contribution in [0.2, 0.25) is 5.02 Å². The molecule has 0 saturated heterocycles. The highest BCUT2D eigenvalue weighted by Crippen LogP contribution is 2.29. The van der Waals surface area contributed by atoms with E-state index < -0.39 is 0 Å². The highest BCUT2D eigenvalue weighted by Gasteiger charge is 2.23. The van der Waals surface area contributed by atoms with Crippen LogP contribution >= 0.6 is 11.6 Å². The number of aliphatic imine (C=N–C) groups is 2. The molecule has 2 aromatic rings. The second kappa shape index (κ2) is 6.00. The fraction of sp³-hybridized carbons (Fsp3) is 0.118. The Morgan fingerprint density at radius 2 is 2.00 bits per heavy atom. The lowest BCUT2D eigenvalue weighted by molar-refractivity contribution is 1.20. The number of benzodiazepines with no additional fused rings is 1. The Morgan fingerprint density at radius 3 is 2.68 bits per heavy atom. The summed E-state index contributed by atoms with van der Waals surface area (Å²) in [6.07, 6.45) is 2.18. The predicted octanol–water partition coefficient (Wildman–Crippen LogP) is 3.51. The van der Waals surface area contributed by atoms with Gasteiger partial charge in [0.2, 0.25) is 0 Å². The van der Waals surface area contributed by atoms with Gasteiger partial charge in [-0.2, -0.15) is 5.26 Å². The maximum atomic E-state index is 9.50. The molecule has 3 rings (SSSR count). The number of anilines is 1. The molecular weight excluding hydrogens is 296 g/mol. The molecule has 1 aliphatic rings. The molecule has 4 nitrogen and oxygen atoms in total. The van der Waals surface area contributed by atoms with Crippen LogP contribution in [0.5, 0.6) is 0 Å². The van der Waals surface area contributed by atoms with Crippen LogP contribution in [0.15, 0.2) is 58.5 Å². The van der Waals surface area contributed by atoms with Crippen LogP contribution in [0.25, 0.3) is 0 Å². The monoisotopic (exact) mass is 308 g/mol. The lowest BCUT2D eigenvalue weighted by Crippen LogP contribution is -2.27. The van der Waals surface area contributed by atoms with Crippen LogP contribution in [0.4, 0.5) is 5.69 Å². The third-order valence-electron chi connectivity index (χ3n) is 3.50. The number of hydrogen-bond donors (Lipinski definition) is 0. The summed E-state index contributed by atoms with van der Waals surface area (Å²) in [5.41, 5.74) is 3.38. The zero-order chi connectivity index (χ0) is 15.5. The van der Waals surface area contributed by atoms with Crippen molar-refractivity contribution in [1.29, 1.82) is 5.26 Å². The summed E-state index contributed by atoms with van der Waals surface area (Å²) in [6, 6.07) is 15.3. The summed E-state index contributed by atoms with van der Waals surface area (Å²) in [5, 5.41) is 10.1. The molecule has 0 radical (unpaired) electrons. The molecule has 0 fully saturated rings. The van der Waals surface area contributed by atoms with Gasteiger partial charge in [0.25, 0.3) is 0 Å². The minimum Gasteiger partial charge on any atom is -0.276 e. The van der Waals surface area contributed by atoms with E-state index in [1.165, 1.54) is 4.90 Å². The first-order valence-corrected chi connectivity index (χ1v) is 7.17. The van der Waals surface area contributed by atoms with Crippen LogP contribution < -0.4 is 4.90 Å². The summed E-state index contributed by atoms with van der Waals surface area (Å²) in [4.78, 5) is 10.4. The van der Waals surface area contributed by atoms with Crippen molar-refractivity contribution in [2.45, 2.75) is 0 Å². The molecule has 0 atom stereocenters. The van der Waals surface area contributed by atoms with E-state index in [2.05, 4.69) is 16.2 Å². The molecule has 0 N–H and O–H groups in total. The van der Waals surface area contributed by atoms with Gasteiger partial charge in [-0.25, -0.2) is 4.90 Å². The van der Waals surface area contributed by atoms with Crippen molar-refractivity contribution >= 4 is 28.8 Å². The van der Waals surface area contributed by atoms with Crippen molar-refractivity contribution in [1.82, 2.24) is 0 Å². The highest BCUT2D eigenvalue weighted by atomic mass is 35.5. The van der Waals surface area contributed by atoms with Crippen molar-refractivity contribution in [2.24, 2.45) is 9.98 Å². The first kappa shape index (κ1) is 14.3. The number of amidine groups is 1. The lowest BCUT2D eigenvalue weighted by atomic mass is 10.0. The van der Waals surface area contributed by atoms with Gasteiger partial charge in [0.1, 0.15) is 5.84 Å². The van der Waals surface area contributed by atoms with Crippen LogP contribution in [0.3, 0.4) is 0 Å². The van der Waals surface area contributed by atoms with Crippen molar-refractivity contribution in [3.8, 4) is 6.19 Å². The molecule has 108 valence electrons. The van der Waals surface area contributed by atoms with Crippen molar-refractivity contribution in [3.63, 3.8) is 0 Å². The number of halogens is 1. The molecule has 0 bridgehead atoms. The van der Waals surface area contributed by atoms with Crippen LogP contribution in [-0.4, -0.2) is 25.1 Å². The van der Waals surface area contributed by atoms with Crippen LogP contribution in [0.1, 0.15) is 11.1 Å². The molecule has 0 amide bonds. The molecule has 1 aliphatic heterocycles. The second-order valence-corrected chi connectivity index (χ2v) is 5.20. The van der Waals surface area contributed by atoms with Gasteiger partial charge >= 0.3 is 0 Å². The van der Waals surface area contributed by atoms with Crippen molar-refractivity contribution in [3.05, 3.63) is 64.7 Å². The average molecular weight is 309 g/mol. The van der Waals surface area contributed by atoms with Gasteiger partial charge in [-0.1, -0.05) is 41.9 Å². The first-order valence-electron chi connectivity index (χ1n) is 6.80. The molecule has 5 heteroatoms. The predicted molar refractivity (Wildman–Crippen MR) is 89.9 cm³/mol. The molecule has 0 unspecified atom stereocenters. The van der Waals surface area contributed by atoms with E-state index in [0.717, 1.165) is 22.5 Å². The standard InChI is InChI=1S/C17H13ClN4/c1-20-16-10-21-17(12-5-3-2-4-6-12)14-9-13(18)7-8-15(14)22(16)11-19/h2-9H,10H2,1H3. The van der Waals surface area contributed by atoms with Gasteiger partial charge in [0, 0.05) is 23.2 Å². The molecule has 0 saturated carbocycles. The Labute approximate surface area is 134 Å².